The van der Waals surface area contributed by atoms with Crippen molar-refractivity contribution in [1.82, 2.24) is 24.6 Å². The minimum Gasteiger partial charge on any atom is -0.497 e. The largest absolute Gasteiger partial charge is 0.497 e. The maximum Gasteiger partial charge on any atom is 0.264 e. The van der Waals surface area contributed by atoms with Gasteiger partial charge in [0.1, 0.15) is 11.0 Å². The second kappa shape index (κ2) is 8.83. The highest BCUT2D eigenvalue weighted by molar-refractivity contribution is 8.00. The number of piperazine rings is 1. The number of thioether (sulfide) groups is 1. The van der Waals surface area contributed by atoms with E-state index in [9.17, 15) is 9.90 Å². The zero-order valence-corrected chi connectivity index (χ0v) is 17.6. The predicted molar refractivity (Wildman–Crippen MR) is 111 cm³/mol. The fourth-order valence-corrected chi connectivity index (χ4v) is 5.28. The van der Waals surface area contributed by atoms with Crippen LogP contribution in [-0.4, -0.2) is 87.3 Å². The third-order valence-electron chi connectivity index (χ3n) is 5.56. The van der Waals surface area contributed by atoms with Crippen LogP contribution in [0.1, 0.15) is 29.1 Å². The van der Waals surface area contributed by atoms with Gasteiger partial charge in [-0.05, 0) is 17.7 Å². The molecular formula is C20H27N5O3S. The van der Waals surface area contributed by atoms with Gasteiger partial charge in [-0.15, -0.1) is 5.10 Å². The van der Waals surface area contributed by atoms with Gasteiger partial charge in [-0.3, -0.25) is 14.6 Å². The molecule has 1 fully saturated rings. The van der Waals surface area contributed by atoms with E-state index in [0.717, 1.165) is 37.5 Å². The summed E-state index contributed by atoms with van der Waals surface area (Å²) in [6.07, 6.45) is 0.713. The van der Waals surface area contributed by atoms with Gasteiger partial charge in [-0.25, -0.2) is 4.98 Å². The number of carbonyl (C=O) groups is 1. The zero-order valence-electron chi connectivity index (χ0n) is 16.8. The molecule has 0 amide bonds. The van der Waals surface area contributed by atoms with Gasteiger partial charge < -0.3 is 9.84 Å². The Bertz CT molecular complexity index is 866. The second-order valence-electron chi connectivity index (χ2n) is 7.28. The lowest BCUT2D eigenvalue weighted by atomic mass is 9.99. The highest BCUT2D eigenvalue weighted by Crippen LogP contribution is 2.41. The van der Waals surface area contributed by atoms with Gasteiger partial charge in [0.05, 0.1) is 19.8 Å². The molecule has 2 unspecified atom stereocenters. The molecule has 2 aliphatic heterocycles. The van der Waals surface area contributed by atoms with Crippen LogP contribution < -0.4 is 4.74 Å². The number of benzene rings is 1. The number of aliphatic hydroxyl groups excluding tert-OH is 1. The van der Waals surface area contributed by atoms with E-state index in [1.54, 1.807) is 7.11 Å². The number of rotatable bonds is 7. The van der Waals surface area contributed by atoms with Gasteiger partial charge in [0.2, 0.25) is 0 Å². The summed E-state index contributed by atoms with van der Waals surface area (Å²) in [6.45, 7) is 6.26. The summed E-state index contributed by atoms with van der Waals surface area (Å²) in [7, 11) is 1.66. The number of aromatic nitrogens is 3. The maximum atomic E-state index is 13.2. The molecule has 2 aliphatic rings. The van der Waals surface area contributed by atoms with Crippen LogP contribution in [0.25, 0.3) is 0 Å². The summed E-state index contributed by atoms with van der Waals surface area (Å²) in [5, 5.41) is 14.0. The minimum absolute atomic E-state index is 0.0113. The third kappa shape index (κ3) is 4.05. The molecule has 9 heteroatoms. The van der Waals surface area contributed by atoms with Crippen molar-refractivity contribution in [3.8, 4) is 5.75 Å². The van der Waals surface area contributed by atoms with Gasteiger partial charge in [-0.1, -0.05) is 30.8 Å². The lowest BCUT2D eigenvalue weighted by Gasteiger charge is -2.40. The Morgan fingerprint density at radius 2 is 2.10 bits per heavy atom. The molecule has 8 nitrogen and oxygen atoms in total. The SMILES string of the molecule is CCc1nc2n(n1)C(=O)C(C(c1cccc(OC)c1)N1CCN(CCO)CC1)S2. The Hall–Kier alpha value is -1.94. The predicted octanol–water partition coefficient (Wildman–Crippen LogP) is 1.31. The summed E-state index contributed by atoms with van der Waals surface area (Å²) < 4.78 is 6.91. The Balaban J connectivity index is 1.62. The molecule has 1 aromatic carbocycles. The number of nitrogens with zero attached hydrogens (tertiary/aromatic N) is 5. The van der Waals surface area contributed by atoms with E-state index in [4.69, 9.17) is 4.74 Å². The molecule has 2 atom stereocenters. The number of hydrogen-bond acceptors (Lipinski definition) is 8. The summed E-state index contributed by atoms with van der Waals surface area (Å²) >= 11 is 1.51. The molecule has 0 spiro atoms. The fraction of sp³-hybridized carbons (Fsp3) is 0.550. The van der Waals surface area contributed by atoms with Gasteiger partial charge in [0, 0.05) is 39.1 Å². The topological polar surface area (TPSA) is 83.7 Å². The lowest BCUT2D eigenvalue weighted by Crippen LogP contribution is -2.51. The first-order valence-electron chi connectivity index (χ1n) is 10.0. The number of ether oxygens (including phenoxy) is 1. The summed E-state index contributed by atoms with van der Waals surface area (Å²) in [5.74, 6) is 1.48. The van der Waals surface area contributed by atoms with E-state index in [1.807, 2.05) is 25.1 Å². The van der Waals surface area contributed by atoms with Crippen molar-refractivity contribution >= 4 is 17.7 Å². The van der Waals surface area contributed by atoms with E-state index in [2.05, 4.69) is 25.9 Å². The Kier molecular flexibility index (Phi) is 6.19. The molecule has 3 heterocycles. The fourth-order valence-electron chi connectivity index (χ4n) is 4.00. The summed E-state index contributed by atoms with van der Waals surface area (Å²) in [6, 6.07) is 7.88. The zero-order chi connectivity index (χ0) is 20.4. The van der Waals surface area contributed by atoms with Gasteiger partial charge in [-0.2, -0.15) is 4.68 Å². The van der Waals surface area contributed by atoms with Crippen molar-refractivity contribution in [2.75, 3.05) is 46.4 Å². The molecule has 29 heavy (non-hydrogen) atoms. The van der Waals surface area contributed by atoms with Gasteiger partial charge in [0.15, 0.2) is 11.0 Å². The molecular weight excluding hydrogens is 390 g/mol. The van der Waals surface area contributed by atoms with Crippen LogP contribution in [0.3, 0.4) is 0 Å². The molecule has 0 bridgehead atoms. The maximum absolute atomic E-state index is 13.2. The number of carbonyl (C=O) groups excluding carboxylic acids is 1. The molecule has 2 aromatic rings. The molecule has 1 aromatic heterocycles. The molecule has 0 aliphatic carbocycles. The van der Waals surface area contributed by atoms with Crippen molar-refractivity contribution in [2.24, 2.45) is 0 Å². The number of hydrogen-bond donors (Lipinski definition) is 1. The van der Waals surface area contributed by atoms with Crippen molar-refractivity contribution in [2.45, 2.75) is 29.8 Å². The lowest BCUT2D eigenvalue weighted by molar-refractivity contribution is 0.0688. The van der Waals surface area contributed by atoms with Crippen LogP contribution in [0.2, 0.25) is 0 Å². The number of aryl methyl sites for hydroxylation is 1. The number of β-amino-alcohol motifs (C(OH)–C–C–N with tert-alkyl or cyclic N) is 1. The van der Waals surface area contributed by atoms with Crippen LogP contribution in [0.4, 0.5) is 0 Å². The highest BCUT2D eigenvalue weighted by Gasteiger charge is 2.43. The van der Waals surface area contributed by atoms with E-state index in [0.29, 0.717) is 23.9 Å². The van der Waals surface area contributed by atoms with E-state index in [-0.39, 0.29) is 23.8 Å². The molecule has 1 saturated heterocycles. The van der Waals surface area contributed by atoms with Gasteiger partial charge >= 0.3 is 0 Å². The highest BCUT2D eigenvalue weighted by atomic mass is 32.2. The van der Waals surface area contributed by atoms with Crippen LogP contribution in [0, 0.1) is 0 Å². The number of fused-ring (bicyclic) bond motifs is 1. The first kappa shape index (κ1) is 20.3. The molecule has 4 rings (SSSR count). The average molecular weight is 418 g/mol. The average Bonchev–Trinajstić information content (AvgIpc) is 3.29. The van der Waals surface area contributed by atoms with Crippen molar-refractivity contribution in [3.63, 3.8) is 0 Å². The van der Waals surface area contributed by atoms with Crippen LogP contribution in [0.15, 0.2) is 29.4 Å². The van der Waals surface area contributed by atoms with Crippen molar-refractivity contribution < 1.29 is 14.6 Å². The number of methoxy groups -OCH3 is 1. The second-order valence-corrected chi connectivity index (χ2v) is 8.38. The first-order valence-corrected chi connectivity index (χ1v) is 10.9. The van der Waals surface area contributed by atoms with Crippen molar-refractivity contribution in [3.05, 3.63) is 35.7 Å². The Morgan fingerprint density at radius 3 is 2.76 bits per heavy atom. The standard InChI is InChI=1S/C20H27N5O3S/c1-3-16-21-20-25(22-16)19(27)18(29-20)17(14-5-4-6-15(13-14)28-2)24-9-7-23(8-10-24)11-12-26/h4-6,13,17-18,26H,3,7-12H2,1-2H3. The summed E-state index contributed by atoms with van der Waals surface area (Å²) in [5.41, 5.74) is 1.06. The number of aliphatic hydroxyl groups is 1. The van der Waals surface area contributed by atoms with E-state index < -0.39 is 0 Å². The monoisotopic (exact) mass is 417 g/mol. The quantitative estimate of drug-likeness (QED) is 0.722. The normalized spacial score (nSPS) is 21.3. The van der Waals surface area contributed by atoms with Gasteiger partial charge in [0.25, 0.3) is 5.91 Å². The first-order chi connectivity index (χ1) is 14.1. The third-order valence-corrected chi connectivity index (χ3v) is 6.75. The van der Waals surface area contributed by atoms with E-state index >= 15 is 0 Å². The smallest absolute Gasteiger partial charge is 0.264 e. The van der Waals surface area contributed by atoms with E-state index in [1.165, 1.54) is 16.4 Å². The molecule has 1 N–H and O–H groups in total. The summed E-state index contributed by atoms with van der Waals surface area (Å²) in [4.78, 5) is 22.4. The molecule has 156 valence electrons. The van der Waals surface area contributed by atoms with Crippen LogP contribution in [0.5, 0.6) is 5.75 Å². The molecule has 0 saturated carbocycles. The van der Waals surface area contributed by atoms with Crippen molar-refractivity contribution in [1.29, 1.82) is 0 Å². The molecule has 0 radical (unpaired) electrons. The van der Waals surface area contributed by atoms with Crippen LogP contribution in [-0.2, 0) is 6.42 Å². The van der Waals surface area contributed by atoms with Crippen LogP contribution >= 0.6 is 11.8 Å². The Labute approximate surface area is 174 Å². The Morgan fingerprint density at radius 1 is 1.31 bits per heavy atom. The minimum atomic E-state index is -0.299.